The van der Waals surface area contributed by atoms with Crippen LogP contribution in [-0.2, 0) is 32.3 Å². The maximum Gasteiger partial charge on any atom is 0.234 e. The SMILES string of the molecule is CC12C(c3ccccc3)=C(c3ccccc3)C(C3C(=O)N(Cc4ccco4)C(=O)C31)C1C(=O)N(Cc3ccco3)C(=O)C12. The Labute approximate surface area is 247 Å². The van der Waals surface area contributed by atoms with Gasteiger partial charge in [0.1, 0.15) is 11.5 Å². The number of imide groups is 2. The Kier molecular flexibility index (Phi) is 5.54. The predicted octanol–water partition coefficient (Wildman–Crippen LogP) is 5.04. The first-order valence-electron chi connectivity index (χ1n) is 14.5. The topological polar surface area (TPSA) is 101 Å². The highest BCUT2D eigenvalue weighted by Gasteiger charge is 2.76. The molecule has 2 saturated heterocycles. The van der Waals surface area contributed by atoms with Gasteiger partial charge >= 0.3 is 0 Å². The minimum Gasteiger partial charge on any atom is -0.467 e. The van der Waals surface area contributed by atoms with Crippen molar-refractivity contribution in [1.29, 1.82) is 0 Å². The van der Waals surface area contributed by atoms with Crippen molar-refractivity contribution in [1.82, 2.24) is 9.80 Å². The quantitative estimate of drug-likeness (QED) is 0.300. The largest absolute Gasteiger partial charge is 0.467 e. The number of rotatable bonds is 6. The lowest BCUT2D eigenvalue weighted by molar-refractivity contribution is -0.144. The Morgan fingerprint density at radius 2 is 1.05 bits per heavy atom. The van der Waals surface area contributed by atoms with Gasteiger partial charge in [0.05, 0.1) is 49.3 Å². The van der Waals surface area contributed by atoms with Gasteiger partial charge in [0, 0.05) is 11.3 Å². The number of furan rings is 2. The number of allylic oxidation sites excluding steroid dienone is 2. The molecule has 4 unspecified atom stereocenters. The van der Waals surface area contributed by atoms with E-state index < -0.39 is 35.0 Å². The zero-order chi connectivity index (χ0) is 29.5. The second kappa shape index (κ2) is 9.26. The van der Waals surface area contributed by atoms with E-state index in [1.54, 1.807) is 24.3 Å². The van der Waals surface area contributed by atoms with Gasteiger partial charge in [-0.15, -0.1) is 0 Å². The molecule has 1 saturated carbocycles. The zero-order valence-electron chi connectivity index (χ0n) is 23.4. The van der Waals surface area contributed by atoms with Crippen LogP contribution in [0, 0.1) is 35.0 Å². The van der Waals surface area contributed by atoms with Crippen LogP contribution in [0.25, 0.3) is 11.1 Å². The molecule has 2 aliphatic heterocycles. The van der Waals surface area contributed by atoms with Crippen molar-refractivity contribution >= 4 is 34.8 Å². The molecule has 3 aliphatic carbocycles. The predicted molar refractivity (Wildman–Crippen MR) is 154 cm³/mol. The third-order valence-corrected chi connectivity index (χ3v) is 10.0. The van der Waals surface area contributed by atoms with Crippen LogP contribution in [0.4, 0.5) is 0 Å². The highest BCUT2D eigenvalue weighted by molar-refractivity contribution is 6.17. The molecule has 0 radical (unpaired) electrons. The van der Waals surface area contributed by atoms with Crippen molar-refractivity contribution in [2.45, 2.75) is 20.0 Å². The Bertz CT molecular complexity index is 1710. The molecular weight excluding hydrogens is 544 g/mol. The van der Waals surface area contributed by atoms with Crippen LogP contribution in [-0.4, -0.2) is 33.4 Å². The number of hydrogen-bond acceptors (Lipinski definition) is 6. The summed E-state index contributed by atoms with van der Waals surface area (Å²) in [5.74, 6) is -4.22. The van der Waals surface area contributed by atoms with Crippen molar-refractivity contribution in [3.05, 3.63) is 120 Å². The van der Waals surface area contributed by atoms with Gasteiger partial charge in [-0.25, -0.2) is 0 Å². The van der Waals surface area contributed by atoms with Crippen LogP contribution < -0.4 is 0 Å². The third-order valence-electron chi connectivity index (χ3n) is 10.0. The van der Waals surface area contributed by atoms with Gasteiger partial charge in [-0.2, -0.15) is 0 Å². The second-order valence-corrected chi connectivity index (χ2v) is 12.0. The molecule has 2 bridgehead atoms. The van der Waals surface area contributed by atoms with E-state index in [9.17, 15) is 19.2 Å². The fourth-order valence-electron chi connectivity index (χ4n) is 8.48. The fraction of sp³-hybridized carbons (Fsp3) is 0.257. The maximum atomic E-state index is 14.4. The van der Waals surface area contributed by atoms with E-state index in [1.165, 1.54) is 22.3 Å². The standard InChI is InChI=1S/C35H28N2O6/c1-35-28(21-12-6-3-7-13-21)24(20-10-4-2-5-11-20)25(26-29(35)33(40)36(31(26)38)18-22-14-8-16-42-22)27-30(35)34(41)37(32(27)39)19-23-15-9-17-43-23/h2-17,25-27,29-30H,18-19H2,1H3. The Hall–Kier alpha value is -4.98. The molecule has 4 aromatic rings. The van der Waals surface area contributed by atoms with Crippen LogP contribution >= 0.6 is 0 Å². The van der Waals surface area contributed by atoms with Gasteiger partial charge in [-0.05, 0) is 46.5 Å². The van der Waals surface area contributed by atoms with Crippen LogP contribution in [0.3, 0.4) is 0 Å². The lowest BCUT2D eigenvalue weighted by Crippen LogP contribution is -2.59. The van der Waals surface area contributed by atoms with E-state index in [0.29, 0.717) is 11.5 Å². The first kappa shape index (κ1) is 25.7. The van der Waals surface area contributed by atoms with Crippen molar-refractivity contribution in [2.24, 2.45) is 35.0 Å². The fourth-order valence-corrected chi connectivity index (χ4v) is 8.48. The van der Waals surface area contributed by atoms with Gasteiger partial charge in [-0.1, -0.05) is 67.6 Å². The molecule has 4 atom stereocenters. The average Bonchev–Trinajstić information content (AvgIpc) is 3.83. The summed E-state index contributed by atoms with van der Waals surface area (Å²) < 4.78 is 11.0. The van der Waals surface area contributed by atoms with E-state index >= 15 is 0 Å². The van der Waals surface area contributed by atoms with E-state index in [4.69, 9.17) is 8.83 Å². The molecule has 214 valence electrons. The van der Waals surface area contributed by atoms with Crippen molar-refractivity contribution in [3.63, 3.8) is 0 Å². The smallest absolute Gasteiger partial charge is 0.234 e. The number of hydrogen-bond donors (Lipinski definition) is 0. The lowest BCUT2D eigenvalue weighted by Gasteiger charge is -2.57. The number of amides is 4. The molecule has 2 aromatic carbocycles. The molecule has 0 N–H and O–H groups in total. The normalized spacial score (nSPS) is 29.6. The summed E-state index contributed by atoms with van der Waals surface area (Å²) in [5, 5.41) is 0. The highest BCUT2D eigenvalue weighted by Crippen LogP contribution is 2.72. The summed E-state index contributed by atoms with van der Waals surface area (Å²) in [5.41, 5.74) is 2.32. The molecular formula is C35H28N2O6. The van der Waals surface area contributed by atoms with Crippen LogP contribution in [0.15, 0.2) is 106 Å². The Balaban J connectivity index is 1.37. The number of nitrogens with zero attached hydrogens (tertiary/aromatic N) is 2. The Morgan fingerprint density at radius 1 is 0.581 bits per heavy atom. The van der Waals surface area contributed by atoms with E-state index in [1.807, 2.05) is 67.6 Å². The molecule has 8 heteroatoms. The van der Waals surface area contributed by atoms with Crippen molar-refractivity contribution in [2.75, 3.05) is 0 Å². The van der Waals surface area contributed by atoms with Crippen LogP contribution in [0.2, 0.25) is 0 Å². The average molecular weight is 573 g/mol. The molecule has 2 aromatic heterocycles. The van der Waals surface area contributed by atoms with E-state index in [2.05, 4.69) is 0 Å². The summed E-state index contributed by atoms with van der Waals surface area (Å²) >= 11 is 0. The summed E-state index contributed by atoms with van der Waals surface area (Å²) in [4.78, 5) is 60.1. The molecule has 4 amide bonds. The molecule has 43 heavy (non-hydrogen) atoms. The number of likely N-dealkylation sites (tertiary alicyclic amines) is 2. The number of carbonyl (C=O) groups excluding carboxylic acids is 4. The van der Waals surface area contributed by atoms with Gasteiger partial charge in [0.2, 0.25) is 23.6 Å². The van der Waals surface area contributed by atoms with Gasteiger partial charge in [-0.3, -0.25) is 29.0 Å². The second-order valence-electron chi connectivity index (χ2n) is 12.0. The third kappa shape index (κ3) is 3.43. The summed E-state index contributed by atoms with van der Waals surface area (Å²) in [7, 11) is 0. The Morgan fingerprint density at radius 3 is 1.49 bits per heavy atom. The lowest BCUT2D eigenvalue weighted by atomic mass is 9.41. The van der Waals surface area contributed by atoms with Crippen LogP contribution in [0.5, 0.6) is 0 Å². The molecule has 4 heterocycles. The van der Waals surface area contributed by atoms with Gasteiger partial charge in [0.25, 0.3) is 0 Å². The summed E-state index contributed by atoms with van der Waals surface area (Å²) in [6, 6.07) is 26.4. The monoisotopic (exact) mass is 572 g/mol. The summed E-state index contributed by atoms with van der Waals surface area (Å²) in [6.45, 7) is 1.93. The van der Waals surface area contributed by atoms with Gasteiger partial charge in [0.15, 0.2) is 0 Å². The van der Waals surface area contributed by atoms with Gasteiger partial charge < -0.3 is 8.83 Å². The maximum absolute atomic E-state index is 14.4. The highest BCUT2D eigenvalue weighted by atomic mass is 16.3. The van der Waals surface area contributed by atoms with Crippen molar-refractivity contribution < 1.29 is 28.0 Å². The first-order valence-corrected chi connectivity index (χ1v) is 14.5. The van der Waals surface area contributed by atoms with Crippen LogP contribution in [0.1, 0.15) is 29.6 Å². The summed E-state index contributed by atoms with van der Waals surface area (Å²) in [6.07, 6.45) is 3.02. The molecule has 3 fully saturated rings. The molecule has 5 aliphatic rings. The minimum atomic E-state index is -1.15. The van der Waals surface area contributed by atoms with Crippen molar-refractivity contribution in [3.8, 4) is 0 Å². The minimum absolute atomic E-state index is 0.00362. The first-order chi connectivity index (χ1) is 20.9. The number of benzene rings is 2. The molecule has 9 rings (SSSR count). The zero-order valence-corrected chi connectivity index (χ0v) is 23.4. The molecule has 0 spiro atoms. The molecule has 8 nitrogen and oxygen atoms in total. The van der Waals surface area contributed by atoms with E-state index in [-0.39, 0.29) is 36.7 Å². The number of carbonyl (C=O) groups is 4. The van der Waals surface area contributed by atoms with E-state index in [0.717, 1.165) is 22.3 Å².